The summed E-state index contributed by atoms with van der Waals surface area (Å²) in [5.74, 6) is -1.57. The van der Waals surface area contributed by atoms with E-state index in [0.717, 1.165) is 26.7 Å². The largest absolute Gasteiger partial charge is 0.476 e. The third-order valence-corrected chi connectivity index (χ3v) is 6.13. The van der Waals surface area contributed by atoms with E-state index in [1.807, 2.05) is 48.9 Å². The lowest BCUT2D eigenvalue weighted by molar-refractivity contribution is 0.0688. The average molecular weight is 448 g/mol. The van der Waals surface area contributed by atoms with E-state index in [1.165, 1.54) is 12.1 Å². The molecule has 1 N–H and O–H groups in total. The van der Waals surface area contributed by atoms with Gasteiger partial charge in [-0.25, -0.2) is 9.48 Å². The van der Waals surface area contributed by atoms with Crippen molar-refractivity contribution in [2.75, 3.05) is 6.26 Å². The fourth-order valence-corrected chi connectivity index (χ4v) is 4.37. The summed E-state index contributed by atoms with van der Waals surface area (Å²) in [5.41, 5.74) is 2.29. The first-order valence-corrected chi connectivity index (χ1v) is 11.1. The van der Waals surface area contributed by atoms with Gasteiger partial charge in [0.05, 0.1) is 5.39 Å². The molecule has 7 nitrogen and oxygen atoms in total. The van der Waals surface area contributed by atoms with Crippen LogP contribution < -0.4 is 5.56 Å². The second-order valence-electron chi connectivity index (χ2n) is 7.41. The van der Waals surface area contributed by atoms with Gasteiger partial charge in [-0.3, -0.25) is 9.59 Å². The topological polar surface area (TPSA) is 94.2 Å². The van der Waals surface area contributed by atoms with Crippen molar-refractivity contribution in [2.24, 2.45) is 0 Å². The Hall–Kier alpha value is -3.65. The average Bonchev–Trinajstić information content (AvgIpc) is 3.09. The SMILES string of the molecule is CSc1cccc(-n2c(C)cc(C(=O)Cn3nc(C(=O)O)c4ccccc4c3=O)c2C)c1. The van der Waals surface area contributed by atoms with Gasteiger partial charge in [0.25, 0.3) is 5.56 Å². The molecule has 32 heavy (non-hydrogen) atoms. The summed E-state index contributed by atoms with van der Waals surface area (Å²) in [7, 11) is 0. The van der Waals surface area contributed by atoms with Crippen molar-refractivity contribution in [1.29, 1.82) is 0 Å². The van der Waals surface area contributed by atoms with Crippen LogP contribution in [-0.2, 0) is 6.54 Å². The number of carbonyl (C=O) groups excluding carboxylic acids is 1. The summed E-state index contributed by atoms with van der Waals surface area (Å²) in [4.78, 5) is 38.8. The van der Waals surface area contributed by atoms with Crippen LogP contribution in [0, 0.1) is 13.8 Å². The Kier molecular flexibility index (Phi) is 5.71. The summed E-state index contributed by atoms with van der Waals surface area (Å²) in [5, 5.41) is 14.0. The highest BCUT2D eigenvalue weighted by Gasteiger charge is 2.21. The van der Waals surface area contributed by atoms with Crippen LogP contribution in [0.2, 0.25) is 0 Å². The predicted octanol–water partition coefficient (Wildman–Crippen LogP) is 4.11. The number of hydrogen-bond acceptors (Lipinski definition) is 5. The molecule has 0 atom stereocenters. The third-order valence-electron chi connectivity index (χ3n) is 5.41. The van der Waals surface area contributed by atoms with Gasteiger partial charge in [0.2, 0.25) is 0 Å². The summed E-state index contributed by atoms with van der Waals surface area (Å²) in [6.07, 6.45) is 2.00. The van der Waals surface area contributed by atoms with Gasteiger partial charge in [-0.1, -0.05) is 24.3 Å². The Bertz CT molecular complexity index is 1440. The van der Waals surface area contributed by atoms with Crippen molar-refractivity contribution < 1.29 is 14.7 Å². The number of aryl methyl sites for hydroxylation is 1. The number of fused-ring (bicyclic) bond motifs is 1. The second-order valence-corrected chi connectivity index (χ2v) is 8.29. The molecule has 4 rings (SSSR count). The zero-order valence-corrected chi connectivity index (χ0v) is 18.6. The lowest BCUT2D eigenvalue weighted by Crippen LogP contribution is -2.29. The summed E-state index contributed by atoms with van der Waals surface area (Å²) >= 11 is 1.64. The summed E-state index contributed by atoms with van der Waals surface area (Å²) in [6, 6.07) is 16.2. The van der Waals surface area contributed by atoms with Gasteiger partial charge in [-0.05, 0) is 50.4 Å². The standard InChI is InChI=1S/C24H21N3O4S/c1-14-11-20(15(2)27(14)16-7-6-8-17(12-16)32-3)21(28)13-26-23(29)19-10-5-4-9-18(19)22(25-26)24(30)31/h4-12H,13H2,1-3H3,(H,30,31). The summed E-state index contributed by atoms with van der Waals surface area (Å²) in [6.45, 7) is 3.42. The number of hydrogen-bond donors (Lipinski definition) is 1. The predicted molar refractivity (Wildman–Crippen MR) is 124 cm³/mol. The number of Topliss-reactive ketones (excluding diaryl/α,β-unsaturated/α-hetero) is 1. The van der Waals surface area contributed by atoms with Crippen molar-refractivity contribution >= 4 is 34.3 Å². The number of benzene rings is 2. The molecule has 2 aromatic carbocycles. The molecule has 0 aliphatic carbocycles. The highest BCUT2D eigenvalue weighted by molar-refractivity contribution is 7.98. The van der Waals surface area contributed by atoms with E-state index >= 15 is 0 Å². The number of aromatic nitrogens is 3. The monoisotopic (exact) mass is 447 g/mol. The number of carboxylic acid groups (broad SMARTS) is 1. The minimum atomic E-state index is -1.26. The quantitative estimate of drug-likeness (QED) is 0.353. The molecule has 0 fully saturated rings. The van der Waals surface area contributed by atoms with Crippen molar-refractivity contribution in [3.05, 3.63) is 87.6 Å². The van der Waals surface area contributed by atoms with Crippen LogP contribution in [0.3, 0.4) is 0 Å². The Morgan fingerprint density at radius 1 is 1.03 bits per heavy atom. The van der Waals surface area contributed by atoms with Gasteiger partial charge in [-0.2, -0.15) is 5.10 Å². The van der Waals surface area contributed by atoms with E-state index in [2.05, 4.69) is 5.10 Å². The van der Waals surface area contributed by atoms with Gasteiger partial charge in [0, 0.05) is 32.9 Å². The van der Waals surface area contributed by atoms with Crippen LogP contribution in [0.15, 0.2) is 64.3 Å². The van der Waals surface area contributed by atoms with Gasteiger partial charge < -0.3 is 9.67 Å². The highest BCUT2D eigenvalue weighted by atomic mass is 32.2. The van der Waals surface area contributed by atoms with Crippen LogP contribution in [-0.4, -0.2) is 37.5 Å². The minimum Gasteiger partial charge on any atom is -0.476 e. The van der Waals surface area contributed by atoms with Crippen molar-refractivity contribution in [1.82, 2.24) is 14.3 Å². The zero-order valence-electron chi connectivity index (χ0n) is 17.8. The normalized spacial score (nSPS) is 11.1. The molecule has 2 heterocycles. The van der Waals surface area contributed by atoms with E-state index in [0.29, 0.717) is 5.56 Å². The van der Waals surface area contributed by atoms with E-state index in [1.54, 1.807) is 30.0 Å². The van der Waals surface area contributed by atoms with E-state index in [9.17, 15) is 19.5 Å². The van der Waals surface area contributed by atoms with E-state index < -0.39 is 11.5 Å². The minimum absolute atomic E-state index is 0.215. The molecular weight excluding hydrogens is 426 g/mol. The molecule has 8 heteroatoms. The summed E-state index contributed by atoms with van der Waals surface area (Å²) < 4.78 is 2.93. The molecule has 0 unspecified atom stereocenters. The van der Waals surface area contributed by atoms with E-state index in [-0.39, 0.29) is 28.8 Å². The molecule has 0 bridgehead atoms. The fraction of sp³-hybridized carbons (Fsp3) is 0.167. The highest BCUT2D eigenvalue weighted by Crippen LogP contribution is 2.25. The lowest BCUT2D eigenvalue weighted by atomic mass is 10.1. The second kappa shape index (κ2) is 8.47. The molecule has 0 amide bonds. The number of thioether (sulfide) groups is 1. The molecule has 2 aromatic heterocycles. The molecule has 4 aromatic rings. The third kappa shape index (κ3) is 3.73. The molecule has 0 spiro atoms. The molecule has 0 radical (unpaired) electrons. The van der Waals surface area contributed by atoms with Crippen LogP contribution in [0.25, 0.3) is 16.5 Å². The number of nitrogens with zero attached hydrogens (tertiary/aromatic N) is 3. The smallest absolute Gasteiger partial charge is 0.357 e. The fourth-order valence-electron chi connectivity index (χ4n) is 3.91. The Balaban J connectivity index is 1.76. The molecule has 0 saturated carbocycles. The van der Waals surface area contributed by atoms with E-state index in [4.69, 9.17) is 0 Å². The number of ketones is 1. The van der Waals surface area contributed by atoms with Gasteiger partial charge in [-0.15, -0.1) is 11.8 Å². The van der Waals surface area contributed by atoms with Crippen LogP contribution >= 0.6 is 11.8 Å². The van der Waals surface area contributed by atoms with Gasteiger partial charge in [0.1, 0.15) is 6.54 Å². The van der Waals surface area contributed by atoms with Gasteiger partial charge >= 0.3 is 5.97 Å². The van der Waals surface area contributed by atoms with Crippen molar-refractivity contribution in [3.63, 3.8) is 0 Å². The zero-order chi connectivity index (χ0) is 23.0. The van der Waals surface area contributed by atoms with Crippen LogP contribution in [0.1, 0.15) is 32.2 Å². The molecular formula is C24H21N3O4S. The molecule has 0 saturated heterocycles. The maximum Gasteiger partial charge on any atom is 0.357 e. The maximum atomic E-state index is 13.2. The number of carboxylic acids is 1. The Labute approximate surface area is 188 Å². The molecule has 162 valence electrons. The maximum absolute atomic E-state index is 13.2. The number of rotatable bonds is 6. The molecule has 0 aliphatic rings. The van der Waals surface area contributed by atoms with Crippen molar-refractivity contribution in [3.8, 4) is 5.69 Å². The van der Waals surface area contributed by atoms with Crippen LogP contribution in [0.4, 0.5) is 0 Å². The molecule has 0 aliphatic heterocycles. The van der Waals surface area contributed by atoms with Crippen molar-refractivity contribution in [2.45, 2.75) is 25.3 Å². The first-order valence-electron chi connectivity index (χ1n) is 9.91. The number of carbonyl (C=O) groups is 2. The Morgan fingerprint density at radius 2 is 1.75 bits per heavy atom. The first-order chi connectivity index (χ1) is 15.3. The number of aromatic carboxylic acids is 1. The Morgan fingerprint density at radius 3 is 2.44 bits per heavy atom. The first kappa shape index (κ1) is 21.6. The van der Waals surface area contributed by atoms with Gasteiger partial charge in [0.15, 0.2) is 11.5 Å². The van der Waals surface area contributed by atoms with Crippen LogP contribution in [0.5, 0.6) is 0 Å². The lowest BCUT2D eigenvalue weighted by Gasteiger charge is -2.11.